The van der Waals surface area contributed by atoms with E-state index in [-0.39, 0.29) is 24.7 Å². The van der Waals surface area contributed by atoms with Crippen LogP contribution in [0.2, 0.25) is 0 Å². The summed E-state index contributed by atoms with van der Waals surface area (Å²) in [4.78, 5) is 23.3. The number of ether oxygens (including phenoxy) is 2. The highest BCUT2D eigenvalue weighted by Crippen LogP contribution is 2.10. The third-order valence-electron chi connectivity index (χ3n) is 2.13. The Hall–Kier alpha value is -2.22. The lowest BCUT2D eigenvalue weighted by molar-refractivity contribution is -0.115. The Balaban J connectivity index is 0.000000384. The molecule has 118 valence electrons. The van der Waals surface area contributed by atoms with Crippen molar-refractivity contribution in [2.75, 3.05) is 6.61 Å². The van der Waals surface area contributed by atoms with Gasteiger partial charge in [0.05, 0.1) is 6.10 Å². The molecule has 0 aromatic carbocycles. The summed E-state index contributed by atoms with van der Waals surface area (Å²) < 4.78 is 21.9. The first-order chi connectivity index (χ1) is 9.76. The van der Waals surface area contributed by atoms with Crippen LogP contribution in [0.5, 0.6) is 0 Å². The maximum atomic E-state index is 12.3. The SMILES string of the molecule is C/C=C(/F)C(N)=NC(C)=O.CC1C=CC(COC(=O)O)O1. The van der Waals surface area contributed by atoms with Crippen LogP contribution in [0.15, 0.2) is 29.0 Å². The van der Waals surface area contributed by atoms with Gasteiger partial charge in [-0.1, -0.05) is 12.2 Å². The number of amides is 1. The van der Waals surface area contributed by atoms with Crippen molar-refractivity contribution in [1.29, 1.82) is 0 Å². The van der Waals surface area contributed by atoms with E-state index >= 15 is 0 Å². The molecule has 7 nitrogen and oxygen atoms in total. The summed E-state index contributed by atoms with van der Waals surface area (Å²) in [7, 11) is 0. The van der Waals surface area contributed by atoms with E-state index in [1.54, 1.807) is 6.08 Å². The minimum atomic E-state index is -1.26. The average Bonchev–Trinajstić information content (AvgIpc) is 2.81. The molecule has 0 bridgehead atoms. The van der Waals surface area contributed by atoms with E-state index in [0.29, 0.717) is 0 Å². The number of carbonyl (C=O) groups excluding carboxylic acids is 1. The summed E-state index contributed by atoms with van der Waals surface area (Å²) in [6.45, 7) is 4.64. The predicted octanol–water partition coefficient (Wildman–Crippen LogP) is 1.79. The largest absolute Gasteiger partial charge is 0.505 e. The van der Waals surface area contributed by atoms with Crippen LogP contribution >= 0.6 is 0 Å². The van der Waals surface area contributed by atoms with E-state index in [9.17, 15) is 14.0 Å². The normalized spacial score (nSPS) is 21.5. The van der Waals surface area contributed by atoms with Gasteiger partial charge in [-0.3, -0.25) is 4.79 Å². The van der Waals surface area contributed by atoms with Crippen molar-refractivity contribution in [3.8, 4) is 0 Å². The van der Waals surface area contributed by atoms with Gasteiger partial charge >= 0.3 is 6.16 Å². The highest BCUT2D eigenvalue weighted by atomic mass is 19.1. The van der Waals surface area contributed by atoms with Crippen molar-refractivity contribution < 1.29 is 28.6 Å². The smallest absolute Gasteiger partial charge is 0.450 e. The van der Waals surface area contributed by atoms with E-state index in [2.05, 4.69) is 9.73 Å². The minimum absolute atomic E-state index is 0.0670. The van der Waals surface area contributed by atoms with E-state index in [4.69, 9.17) is 15.6 Å². The number of allylic oxidation sites excluding steroid dienone is 1. The first-order valence-electron chi connectivity index (χ1n) is 6.12. The fourth-order valence-corrected chi connectivity index (χ4v) is 1.27. The summed E-state index contributed by atoms with van der Waals surface area (Å²) in [5.41, 5.74) is 5.01. The molecule has 1 heterocycles. The Morgan fingerprint density at radius 2 is 2.14 bits per heavy atom. The van der Waals surface area contributed by atoms with Gasteiger partial charge in [0.2, 0.25) is 5.91 Å². The molecule has 0 aromatic rings. The Labute approximate surface area is 121 Å². The molecule has 8 heteroatoms. The molecule has 0 aliphatic carbocycles. The summed E-state index contributed by atoms with van der Waals surface area (Å²) >= 11 is 0. The molecule has 1 rings (SSSR count). The number of carbonyl (C=O) groups is 2. The summed E-state index contributed by atoms with van der Waals surface area (Å²) in [5, 5.41) is 8.14. The van der Waals surface area contributed by atoms with Crippen molar-refractivity contribution in [2.45, 2.75) is 33.0 Å². The number of hydrogen-bond acceptors (Lipinski definition) is 4. The fourth-order valence-electron chi connectivity index (χ4n) is 1.27. The van der Waals surface area contributed by atoms with E-state index in [0.717, 1.165) is 6.08 Å². The van der Waals surface area contributed by atoms with Crippen LogP contribution < -0.4 is 5.73 Å². The Morgan fingerprint density at radius 1 is 1.52 bits per heavy atom. The lowest BCUT2D eigenvalue weighted by Gasteiger charge is -2.09. The van der Waals surface area contributed by atoms with Crippen LogP contribution in [-0.4, -0.2) is 41.8 Å². The molecule has 0 fully saturated rings. The fraction of sp³-hybridized carbons (Fsp3) is 0.462. The number of rotatable bonds is 3. The first-order valence-corrected chi connectivity index (χ1v) is 6.12. The third-order valence-corrected chi connectivity index (χ3v) is 2.13. The van der Waals surface area contributed by atoms with Gasteiger partial charge < -0.3 is 20.3 Å². The van der Waals surface area contributed by atoms with Crippen LogP contribution in [-0.2, 0) is 14.3 Å². The molecule has 0 aromatic heterocycles. The van der Waals surface area contributed by atoms with Gasteiger partial charge in [0, 0.05) is 6.92 Å². The monoisotopic (exact) mass is 302 g/mol. The van der Waals surface area contributed by atoms with Crippen molar-refractivity contribution in [3.05, 3.63) is 24.1 Å². The third kappa shape index (κ3) is 9.33. The van der Waals surface area contributed by atoms with E-state index in [1.165, 1.54) is 13.8 Å². The second kappa shape index (κ2) is 9.65. The molecule has 0 saturated heterocycles. The zero-order chi connectivity index (χ0) is 16.4. The van der Waals surface area contributed by atoms with Crippen molar-refractivity contribution >= 4 is 17.9 Å². The number of nitrogens with zero attached hydrogens (tertiary/aromatic N) is 1. The number of amidine groups is 1. The number of halogens is 1. The molecular formula is C13H19FN2O5. The van der Waals surface area contributed by atoms with Crippen LogP contribution in [0.3, 0.4) is 0 Å². The average molecular weight is 302 g/mol. The summed E-state index contributed by atoms with van der Waals surface area (Å²) in [6, 6.07) is 0. The molecule has 2 unspecified atom stereocenters. The molecule has 1 amide bonds. The van der Waals surface area contributed by atoms with Crippen molar-refractivity contribution in [3.63, 3.8) is 0 Å². The van der Waals surface area contributed by atoms with E-state index < -0.39 is 17.9 Å². The Bertz CT molecular complexity index is 459. The van der Waals surface area contributed by atoms with Crippen LogP contribution in [0.25, 0.3) is 0 Å². The lowest BCUT2D eigenvalue weighted by Crippen LogP contribution is -2.18. The Kier molecular flexibility index (Phi) is 8.63. The number of nitrogens with two attached hydrogens (primary N) is 1. The molecule has 0 radical (unpaired) electrons. The van der Waals surface area contributed by atoms with Crippen LogP contribution in [0.4, 0.5) is 9.18 Å². The van der Waals surface area contributed by atoms with Crippen LogP contribution in [0, 0.1) is 0 Å². The quantitative estimate of drug-likeness (QED) is 0.356. The number of carboxylic acid groups (broad SMARTS) is 1. The van der Waals surface area contributed by atoms with Gasteiger partial charge in [0.15, 0.2) is 11.7 Å². The maximum Gasteiger partial charge on any atom is 0.505 e. The van der Waals surface area contributed by atoms with Gasteiger partial charge in [-0.25, -0.2) is 9.18 Å². The maximum absolute atomic E-state index is 12.3. The number of aliphatic imine (C=N–C) groups is 1. The van der Waals surface area contributed by atoms with Crippen molar-refractivity contribution in [1.82, 2.24) is 0 Å². The molecule has 21 heavy (non-hydrogen) atoms. The summed E-state index contributed by atoms with van der Waals surface area (Å²) in [5.74, 6) is -1.54. The number of hydrogen-bond donors (Lipinski definition) is 2. The Morgan fingerprint density at radius 3 is 2.52 bits per heavy atom. The van der Waals surface area contributed by atoms with E-state index in [1.807, 2.05) is 13.0 Å². The minimum Gasteiger partial charge on any atom is -0.450 e. The molecule has 1 aliphatic heterocycles. The summed E-state index contributed by atoms with van der Waals surface area (Å²) in [6.07, 6.45) is 3.41. The van der Waals surface area contributed by atoms with Gasteiger partial charge in [-0.15, -0.1) is 0 Å². The highest BCUT2D eigenvalue weighted by molar-refractivity contribution is 6.01. The predicted molar refractivity (Wildman–Crippen MR) is 74.6 cm³/mol. The zero-order valence-electron chi connectivity index (χ0n) is 12.1. The van der Waals surface area contributed by atoms with Gasteiger partial charge in [-0.2, -0.15) is 4.99 Å². The second-order valence-electron chi connectivity index (χ2n) is 3.99. The van der Waals surface area contributed by atoms with Gasteiger partial charge in [-0.05, 0) is 19.9 Å². The molecular weight excluding hydrogens is 283 g/mol. The molecule has 1 aliphatic rings. The molecule has 3 N–H and O–H groups in total. The zero-order valence-corrected chi connectivity index (χ0v) is 12.1. The second-order valence-corrected chi connectivity index (χ2v) is 3.99. The molecule has 2 atom stereocenters. The molecule has 0 saturated carbocycles. The topological polar surface area (TPSA) is 111 Å². The molecule has 0 spiro atoms. The lowest BCUT2D eigenvalue weighted by atomic mass is 10.3. The standard InChI is InChI=1S/C7H10O4.C6H9FN2O/c1-5-2-3-6(11-5)4-10-7(8)9;1-3-5(7)6(8)9-4(2)10/h2-3,5-6H,4H2,1H3,(H,8,9);3H,1-2H3,(H2,8,9,10)/b;5-3+. The first kappa shape index (κ1) is 18.8. The van der Waals surface area contributed by atoms with Crippen LogP contribution in [0.1, 0.15) is 20.8 Å². The van der Waals surface area contributed by atoms with Crippen molar-refractivity contribution in [2.24, 2.45) is 10.7 Å². The highest BCUT2D eigenvalue weighted by Gasteiger charge is 2.16. The van der Waals surface area contributed by atoms with Gasteiger partial charge in [0.1, 0.15) is 12.7 Å². The van der Waals surface area contributed by atoms with Gasteiger partial charge in [0.25, 0.3) is 0 Å².